The van der Waals surface area contributed by atoms with Crippen LogP contribution in [0.3, 0.4) is 0 Å². The molecule has 0 aliphatic carbocycles. The normalized spacial score (nSPS) is 10.9. The number of halogens is 2. The van der Waals surface area contributed by atoms with Crippen molar-refractivity contribution in [2.45, 2.75) is 13.5 Å². The fourth-order valence-electron chi connectivity index (χ4n) is 2.84. The maximum absolute atomic E-state index is 12.6. The third kappa shape index (κ3) is 6.49. The van der Waals surface area contributed by atoms with Crippen molar-refractivity contribution in [2.24, 2.45) is 0 Å². The Labute approximate surface area is 205 Å². The molecule has 0 aliphatic heterocycles. The third-order valence-electron chi connectivity index (χ3n) is 4.38. The Morgan fingerprint density at radius 2 is 1.94 bits per heavy atom. The zero-order valence-corrected chi connectivity index (χ0v) is 20.2. The number of nitriles is 1. The predicted octanol–water partition coefficient (Wildman–Crippen LogP) is 6.47. The lowest BCUT2D eigenvalue weighted by molar-refractivity contribution is -0.112. The van der Waals surface area contributed by atoms with Crippen LogP contribution in [0.5, 0.6) is 11.5 Å². The van der Waals surface area contributed by atoms with Crippen LogP contribution in [0.4, 0.5) is 5.69 Å². The molecule has 0 aliphatic rings. The first kappa shape index (κ1) is 23.6. The summed E-state index contributed by atoms with van der Waals surface area (Å²) in [5, 5.41) is 12.9. The molecule has 0 aromatic heterocycles. The predicted molar refractivity (Wildman–Crippen MR) is 135 cm³/mol. The molecular weight excluding hydrogens is 539 g/mol. The Hall–Kier alpha value is -3.02. The number of carbonyl (C=O) groups is 1. The maximum atomic E-state index is 12.6. The van der Waals surface area contributed by atoms with E-state index < -0.39 is 5.91 Å². The van der Waals surface area contributed by atoms with E-state index in [1.54, 1.807) is 36.4 Å². The summed E-state index contributed by atoms with van der Waals surface area (Å²) < 4.78 is 12.2. The van der Waals surface area contributed by atoms with Crippen LogP contribution in [0.1, 0.15) is 18.1 Å². The molecule has 32 heavy (non-hydrogen) atoms. The molecule has 0 spiro atoms. The second kappa shape index (κ2) is 11.6. The van der Waals surface area contributed by atoms with Gasteiger partial charge in [-0.2, -0.15) is 5.26 Å². The molecule has 5 nitrogen and oxygen atoms in total. The Morgan fingerprint density at radius 3 is 2.66 bits per heavy atom. The van der Waals surface area contributed by atoms with E-state index in [0.29, 0.717) is 41.0 Å². The van der Waals surface area contributed by atoms with Crippen LogP contribution in [0, 0.1) is 14.9 Å². The zero-order chi connectivity index (χ0) is 22.9. The molecule has 1 amide bonds. The van der Waals surface area contributed by atoms with Crippen LogP contribution in [-0.4, -0.2) is 12.5 Å². The minimum atomic E-state index is -0.491. The average Bonchev–Trinajstić information content (AvgIpc) is 2.78. The van der Waals surface area contributed by atoms with Crippen LogP contribution in [0.15, 0.2) is 72.3 Å². The van der Waals surface area contributed by atoms with Crippen molar-refractivity contribution in [1.82, 2.24) is 0 Å². The molecule has 7 heteroatoms. The van der Waals surface area contributed by atoms with E-state index in [9.17, 15) is 10.1 Å². The van der Waals surface area contributed by atoms with Crippen molar-refractivity contribution >= 4 is 51.9 Å². The number of hydrogen-bond acceptors (Lipinski definition) is 4. The number of ether oxygens (including phenoxy) is 2. The zero-order valence-electron chi connectivity index (χ0n) is 17.3. The van der Waals surface area contributed by atoms with Gasteiger partial charge in [-0.15, -0.1) is 0 Å². The minimum absolute atomic E-state index is 0.00708. The Kier molecular flexibility index (Phi) is 8.54. The van der Waals surface area contributed by atoms with Gasteiger partial charge in [-0.1, -0.05) is 41.9 Å². The van der Waals surface area contributed by atoms with Crippen LogP contribution in [0.25, 0.3) is 6.08 Å². The van der Waals surface area contributed by atoms with E-state index in [4.69, 9.17) is 21.1 Å². The number of carbonyl (C=O) groups excluding carboxylic acids is 1. The number of rotatable bonds is 8. The van der Waals surface area contributed by atoms with Crippen molar-refractivity contribution in [1.29, 1.82) is 5.26 Å². The van der Waals surface area contributed by atoms with Gasteiger partial charge in [-0.25, -0.2) is 0 Å². The Bertz CT molecular complexity index is 1190. The summed E-state index contributed by atoms with van der Waals surface area (Å²) in [5.74, 6) is 0.850. The summed E-state index contributed by atoms with van der Waals surface area (Å²) in [4.78, 5) is 12.6. The molecule has 0 atom stereocenters. The van der Waals surface area contributed by atoms with E-state index in [1.165, 1.54) is 0 Å². The molecule has 0 bridgehead atoms. The van der Waals surface area contributed by atoms with E-state index in [-0.39, 0.29) is 5.57 Å². The topological polar surface area (TPSA) is 71.3 Å². The summed E-state index contributed by atoms with van der Waals surface area (Å²) in [6.07, 6.45) is 1.54. The highest BCUT2D eigenvalue weighted by atomic mass is 127. The number of nitrogens with one attached hydrogen (secondary N) is 1. The molecule has 0 heterocycles. The van der Waals surface area contributed by atoms with Gasteiger partial charge < -0.3 is 14.8 Å². The second-order valence-corrected chi connectivity index (χ2v) is 8.22. The first-order chi connectivity index (χ1) is 15.5. The lowest BCUT2D eigenvalue weighted by Gasteiger charge is -2.10. The average molecular weight is 559 g/mol. The van der Waals surface area contributed by atoms with Crippen molar-refractivity contribution in [3.8, 4) is 17.6 Å². The van der Waals surface area contributed by atoms with Gasteiger partial charge in [0.05, 0.1) is 10.2 Å². The molecule has 162 valence electrons. The van der Waals surface area contributed by atoms with Gasteiger partial charge >= 0.3 is 0 Å². The fraction of sp³-hybridized carbons (Fsp3) is 0.120. The summed E-state index contributed by atoms with van der Waals surface area (Å²) >= 11 is 8.33. The smallest absolute Gasteiger partial charge is 0.266 e. The van der Waals surface area contributed by atoms with Gasteiger partial charge in [-0.05, 0) is 71.5 Å². The van der Waals surface area contributed by atoms with Gasteiger partial charge in [0, 0.05) is 22.3 Å². The molecule has 1 N–H and O–H groups in total. The Morgan fingerprint density at radius 1 is 1.12 bits per heavy atom. The van der Waals surface area contributed by atoms with Crippen LogP contribution in [-0.2, 0) is 11.4 Å². The minimum Gasteiger partial charge on any atom is -0.494 e. The quantitative estimate of drug-likeness (QED) is 0.195. The van der Waals surface area contributed by atoms with Gasteiger partial charge in [0.25, 0.3) is 5.91 Å². The highest BCUT2D eigenvalue weighted by Gasteiger charge is 2.11. The summed E-state index contributed by atoms with van der Waals surface area (Å²) in [6.45, 7) is 2.76. The monoisotopic (exact) mass is 558 g/mol. The highest BCUT2D eigenvalue weighted by Crippen LogP contribution is 2.26. The van der Waals surface area contributed by atoms with Crippen LogP contribution >= 0.6 is 34.2 Å². The summed E-state index contributed by atoms with van der Waals surface area (Å²) in [6, 6.07) is 22.0. The Balaban J connectivity index is 1.70. The molecule has 3 aromatic carbocycles. The summed E-state index contributed by atoms with van der Waals surface area (Å²) in [7, 11) is 0. The maximum Gasteiger partial charge on any atom is 0.266 e. The second-order valence-electron chi connectivity index (χ2n) is 6.65. The van der Waals surface area contributed by atoms with Crippen molar-refractivity contribution in [3.05, 3.63) is 92.0 Å². The van der Waals surface area contributed by atoms with Crippen molar-refractivity contribution in [3.63, 3.8) is 0 Å². The lowest BCUT2D eigenvalue weighted by atomic mass is 10.1. The first-order valence-electron chi connectivity index (χ1n) is 9.82. The molecule has 3 rings (SSSR count). The number of anilines is 1. The van der Waals surface area contributed by atoms with Crippen molar-refractivity contribution in [2.75, 3.05) is 11.9 Å². The van der Waals surface area contributed by atoms with Crippen LogP contribution < -0.4 is 14.8 Å². The van der Waals surface area contributed by atoms with E-state index in [1.807, 2.05) is 49.4 Å². The summed E-state index contributed by atoms with van der Waals surface area (Å²) in [5.41, 5.74) is 2.16. The lowest BCUT2D eigenvalue weighted by Crippen LogP contribution is -2.13. The standard InChI is InChI=1S/C25H20ClIN2O3/c1-2-31-21-8-5-7-20(14-21)29-25(30)19(15-28)12-17-10-11-24(23(27)13-17)32-16-18-6-3-4-9-22(18)26/h3-14H,2,16H2,1H3,(H,29,30)/b19-12-. The number of benzene rings is 3. The first-order valence-corrected chi connectivity index (χ1v) is 11.3. The number of hydrogen-bond donors (Lipinski definition) is 1. The fourth-order valence-corrected chi connectivity index (χ4v) is 3.72. The molecule has 0 unspecified atom stereocenters. The molecule has 0 radical (unpaired) electrons. The molecule has 0 fully saturated rings. The van der Waals surface area contributed by atoms with Gasteiger partial charge in [0.2, 0.25) is 0 Å². The van der Waals surface area contributed by atoms with Crippen LogP contribution in [0.2, 0.25) is 5.02 Å². The van der Waals surface area contributed by atoms with Gasteiger partial charge in [0.15, 0.2) is 0 Å². The van der Waals surface area contributed by atoms with Gasteiger partial charge in [0.1, 0.15) is 29.7 Å². The molecule has 0 saturated carbocycles. The van der Waals surface area contributed by atoms with E-state index in [0.717, 1.165) is 9.13 Å². The molecule has 3 aromatic rings. The SMILES string of the molecule is CCOc1cccc(NC(=O)/C(C#N)=C\c2ccc(OCc3ccccc3Cl)c(I)c2)c1. The van der Waals surface area contributed by atoms with E-state index in [2.05, 4.69) is 27.9 Å². The molecular formula is C25H20ClIN2O3. The molecule has 0 saturated heterocycles. The number of nitrogens with zero attached hydrogens (tertiary/aromatic N) is 1. The van der Waals surface area contributed by atoms with Gasteiger partial charge in [-0.3, -0.25) is 4.79 Å². The third-order valence-corrected chi connectivity index (χ3v) is 5.59. The largest absolute Gasteiger partial charge is 0.494 e. The number of amides is 1. The van der Waals surface area contributed by atoms with E-state index >= 15 is 0 Å². The highest BCUT2D eigenvalue weighted by molar-refractivity contribution is 14.1. The van der Waals surface area contributed by atoms with Crippen molar-refractivity contribution < 1.29 is 14.3 Å².